The number of sulfone groups is 1. The fourth-order valence-electron chi connectivity index (χ4n) is 4.61. The quantitative estimate of drug-likeness (QED) is 0.678. The summed E-state index contributed by atoms with van der Waals surface area (Å²) in [6, 6.07) is 13.3. The van der Waals surface area contributed by atoms with E-state index >= 15 is 0 Å². The molecule has 0 unspecified atom stereocenters. The number of aromatic nitrogens is 2. The van der Waals surface area contributed by atoms with Gasteiger partial charge in [0, 0.05) is 42.3 Å². The van der Waals surface area contributed by atoms with Crippen LogP contribution < -0.4 is 0 Å². The van der Waals surface area contributed by atoms with Crippen molar-refractivity contribution in [1.29, 1.82) is 0 Å². The van der Waals surface area contributed by atoms with Crippen molar-refractivity contribution in [3.05, 3.63) is 66.1 Å². The lowest BCUT2D eigenvalue weighted by atomic mass is 9.83. The number of para-hydroxylation sites is 1. The molecule has 156 valence electrons. The van der Waals surface area contributed by atoms with Gasteiger partial charge in [-0.05, 0) is 30.2 Å². The standard InChI is InChI=1S/C22H23N3O4S/c26-21(20-10-17-5-1-2-6-19(17)24-20)25-14-22(15-25)18(7-9-30(22,27)28)13-29-12-16-4-3-8-23-11-16/h1-6,8,10-11,18,24H,7,9,12-15H2/t18-/m1/s1. The third-order valence-electron chi connectivity index (χ3n) is 6.37. The molecule has 0 aliphatic carbocycles. The first kappa shape index (κ1) is 19.3. The maximum absolute atomic E-state index is 12.9. The summed E-state index contributed by atoms with van der Waals surface area (Å²) < 4.78 is 30.6. The van der Waals surface area contributed by atoms with Crippen LogP contribution in [0.4, 0.5) is 0 Å². The number of carbonyl (C=O) groups is 1. The Morgan fingerprint density at radius 3 is 2.83 bits per heavy atom. The Morgan fingerprint density at radius 2 is 2.07 bits per heavy atom. The first-order chi connectivity index (χ1) is 14.5. The van der Waals surface area contributed by atoms with Gasteiger partial charge >= 0.3 is 0 Å². The number of ether oxygens (including phenoxy) is 1. The highest BCUT2D eigenvalue weighted by molar-refractivity contribution is 7.93. The molecular formula is C22H23N3O4S. The molecule has 0 radical (unpaired) electrons. The number of hydrogen-bond acceptors (Lipinski definition) is 5. The molecule has 30 heavy (non-hydrogen) atoms. The molecule has 1 atom stereocenters. The van der Waals surface area contributed by atoms with E-state index in [1.54, 1.807) is 17.3 Å². The van der Waals surface area contributed by atoms with E-state index < -0.39 is 14.6 Å². The van der Waals surface area contributed by atoms with Crippen LogP contribution in [0.5, 0.6) is 0 Å². The molecule has 1 amide bonds. The normalized spacial score (nSPS) is 21.7. The van der Waals surface area contributed by atoms with Gasteiger partial charge in [-0.2, -0.15) is 0 Å². The average Bonchev–Trinajstić information content (AvgIpc) is 3.26. The van der Waals surface area contributed by atoms with Crippen molar-refractivity contribution >= 4 is 26.6 Å². The molecule has 8 heteroatoms. The molecule has 3 aromatic rings. The molecule has 2 fully saturated rings. The number of hydrogen-bond donors (Lipinski definition) is 1. The van der Waals surface area contributed by atoms with Crippen molar-refractivity contribution in [3.8, 4) is 0 Å². The topological polar surface area (TPSA) is 92.4 Å². The van der Waals surface area contributed by atoms with E-state index in [9.17, 15) is 13.2 Å². The van der Waals surface area contributed by atoms with E-state index in [0.29, 0.717) is 25.3 Å². The minimum Gasteiger partial charge on any atom is -0.376 e. The van der Waals surface area contributed by atoms with Gasteiger partial charge in [0.2, 0.25) is 0 Å². The zero-order chi connectivity index (χ0) is 20.8. The van der Waals surface area contributed by atoms with Gasteiger partial charge in [-0.15, -0.1) is 0 Å². The average molecular weight is 426 g/mol. The lowest BCUT2D eigenvalue weighted by molar-refractivity contribution is 0.0207. The third kappa shape index (κ3) is 3.11. The highest BCUT2D eigenvalue weighted by atomic mass is 32.2. The first-order valence-corrected chi connectivity index (χ1v) is 11.7. The predicted molar refractivity (Wildman–Crippen MR) is 113 cm³/mol. The van der Waals surface area contributed by atoms with Gasteiger partial charge in [-0.3, -0.25) is 9.78 Å². The highest BCUT2D eigenvalue weighted by Crippen LogP contribution is 2.45. The van der Waals surface area contributed by atoms with Crippen molar-refractivity contribution in [2.75, 3.05) is 25.4 Å². The summed E-state index contributed by atoms with van der Waals surface area (Å²) in [4.78, 5) is 21.7. The van der Waals surface area contributed by atoms with E-state index in [4.69, 9.17) is 4.74 Å². The number of carbonyl (C=O) groups excluding carboxylic acids is 1. The molecule has 2 aliphatic heterocycles. The van der Waals surface area contributed by atoms with Crippen molar-refractivity contribution in [3.63, 3.8) is 0 Å². The SMILES string of the molecule is O=C(c1cc2ccccc2[nH]1)N1CC2(C1)[C@@H](COCc1cccnc1)CCS2(=O)=O. The molecule has 4 heterocycles. The minimum atomic E-state index is -3.26. The zero-order valence-electron chi connectivity index (χ0n) is 16.5. The molecule has 1 aromatic carbocycles. The second kappa shape index (κ2) is 7.21. The number of H-pyrrole nitrogens is 1. The first-order valence-electron chi connectivity index (χ1n) is 10.0. The van der Waals surface area contributed by atoms with Gasteiger partial charge in [-0.1, -0.05) is 24.3 Å². The maximum Gasteiger partial charge on any atom is 0.270 e. The number of pyridine rings is 1. The van der Waals surface area contributed by atoms with Gasteiger partial charge in [-0.25, -0.2) is 8.42 Å². The lowest BCUT2D eigenvalue weighted by Crippen LogP contribution is -2.68. The number of rotatable bonds is 5. The van der Waals surface area contributed by atoms with Crippen LogP contribution in [0.15, 0.2) is 54.9 Å². The van der Waals surface area contributed by atoms with Crippen LogP contribution in [-0.2, 0) is 21.2 Å². The van der Waals surface area contributed by atoms with Gasteiger partial charge in [0.25, 0.3) is 5.91 Å². The van der Waals surface area contributed by atoms with Crippen LogP contribution in [-0.4, -0.2) is 59.4 Å². The Kier molecular flexibility index (Phi) is 4.63. The van der Waals surface area contributed by atoms with Gasteiger partial charge in [0.05, 0.1) is 19.0 Å². The number of benzene rings is 1. The van der Waals surface area contributed by atoms with Gasteiger partial charge in [0.15, 0.2) is 9.84 Å². The van der Waals surface area contributed by atoms with Crippen LogP contribution in [0.2, 0.25) is 0 Å². The Balaban J connectivity index is 1.27. The molecule has 0 bridgehead atoms. The fraction of sp³-hybridized carbons (Fsp3) is 0.364. The maximum atomic E-state index is 12.9. The summed E-state index contributed by atoms with van der Waals surface area (Å²) in [5.41, 5.74) is 2.34. The van der Waals surface area contributed by atoms with Crippen LogP contribution in [0, 0.1) is 5.92 Å². The number of fused-ring (bicyclic) bond motifs is 1. The summed E-state index contributed by atoms with van der Waals surface area (Å²) in [6.45, 7) is 1.22. The van der Waals surface area contributed by atoms with Crippen molar-refractivity contribution in [2.24, 2.45) is 5.92 Å². The molecule has 2 aliphatic rings. The van der Waals surface area contributed by atoms with Crippen LogP contribution >= 0.6 is 0 Å². The van der Waals surface area contributed by atoms with Crippen LogP contribution in [0.3, 0.4) is 0 Å². The number of aromatic amines is 1. The summed E-state index contributed by atoms with van der Waals surface area (Å²) in [5, 5.41) is 0.964. The van der Waals surface area contributed by atoms with E-state index in [-0.39, 0.29) is 30.7 Å². The number of nitrogens with zero attached hydrogens (tertiary/aromatic N) is 2. The molecular weight excluding hydrogens is 402 g/mol. The summed E-state index contributed by atoms with van der Waals surface area (Å²) in [6.07, 6.45) is 4.02. The summed E-state index contributed by atoms with van der Waals surface area (Å²) in [7, 11) is -3.26. The fourth-order valence-corrected chi connectivity index (χ4v) is 7.01. The predicted octanol–water partition coefficient (Wildman–Crippen LogP) is 2.41. The Morgan fingerprint density at radius 1 is 1.23 bits per heavy atom. The second-order valence-corrected chi connectivity index (χ2v) is 10.6. The molecule has 2 saturated heterocycles. The third-order valence-corrected chi connectivity index (χ3v) is 8.98. The molecule has 7 nitrogen and oxygen atoms in total. The number of amides is 1. The summed E-state index contributed by atoms with van der Waals surface area (Å²) in [5.74, 6) is -0.109. The van der Waals surface area contributed by atoms with Crippen molar-refractivity contribution < 1.29 is 17.9 Å². The molecule has 1 spiro atoms. The van der Waals surface area contributed by atoms with Crippen LogP contribution in [0.1, 0.15) is 22.5 Å². The van der Waals surface area contributed by atoms with Crippen molar-refractivity contribution in [2.45, 2.75) is 17.8 Å². The molecule has 0 saturated carbocycles. The second-order valence-electron chi connectivity index (χ2n) is 8.18. The summed E-state index contributed by atoms with van der Waals surface area (Å²) >= 11 is 0. The van der Waals surface area contributed by atoms with E-state index in [1.807, 2.05) is 42.5 Å². The minimum absolute atomic E-state index is 0.106. The van der Waals surface area contributed by atoms with E-state index in [1.165, 1.54) is 0 Å². The van der Waals surface area contributed by atoms with Crippen molar-refractivity contribution in [1.82, 2.24) is 14.9 Å². The molecule has 5 rings (SSSR count). The lowest BCUT2D eigenvalue weighted by Gasteiger charge is -2.49. The van der Waals surface area contributed by atoms with E-state index in [0.717, 1.165) is 16.5 Å². The monoisotopic (exact) mass is 425 g/mol. The zero-order valence-corrected chi connectivity index (χ0v) is 17.3. The number of likely N-dealkylation sites (tertiary alicyclic amines) is 1. The molecule has 1 N–H and O–H groups in total. The van der Waals surface area contributed by atoms with E-state index in [2.05, 4.69) is 9.97 Å². The van der Waals surface area contributed by atoms with Gasteiger partial charge < -0.3 is 14.6 Å². The highest BCUT2D eigenvalue weighted by Gasteiger charge is 2.62. The number of nitrogens with one attached hydrogen (secondary N) is 1. The Bertz CT molecular complexity index is 1150. The Hall–Kier alpha value is -2.71. The smallest absolute Gasteiger partial charge is 0.270 e. The Labute approximate surface area is 175 Å². The van der Waals surface area contributed by atoms with Crippen LogP contribution in [0.25, 0.3) is 10.9 Å². The molecule has 2 aromatic heterocycles. The largest absolute Gasteiger partial charge is 0.376 e. The van der Waals surface area contributed by atoms with Gasteiger partial charge in [0.1, 0.15) is 10.4 Å².